The molecule has 0 bridgehead atoms. The van der Waals surface area contributed by atoms with Gasteiger partial charge in [0.2, 0.25) is 0 Å². The number of nitrogens with zero attached hydrogens (tertiary/aromatic N) is 1. The van der Waals surface area contributed by atoms with Crippen molar-refractivity contribution in [2.75, 3.05) is 26.2 Å². The van der Waals surface area contributed by atoms with Crippen LogP contribution in [0.5, 0.6) is 0 Å². The molecule has 0 aromatic carbocycles. The van der Waals surface area contributed by atoms with Gasteiger partial charge < -0.3 is 10.8 Å². The Hall–Kier alpha value is -0.120. The molecule has 120 valence electrons. The van der Waals surface area contributed by atoms with Crippen molar-refractivity contribution in [3.8, 4) is 0 Å². The molecule has 0 heterocycles. The van der Waals surface area contributed by atoms with Crippen LogP contribution in [0, 0.1) is 5.92 Å². The summed E-state index contributed by atoms with van der Waals surface area (Å²) in [5, 5.41) is 8.84. The fourth-order valence-corrected chi connectivity index (χ4v) is 3.57. The Balaban J connectivity index is 2.48. The zero-order valence-electron chi connectivity index (χ0n) is 13.7. The molecule has 0 atom stereocenters. The maximum Gasteiger partial charge on any atom is 0.0431 e. The molecule has 0 aromatic heterocycles. The van der Waals surface area contributed by atoms with Crippen molar-refractivity contribution in [3.63, 3.8) is 0 Å². The molecule has 0 amide bonds. The normalized spacial score (nSPS) is 27.1. The van der Waals surface area contributed by atoms with Crippen molar-refractivity contribution in [2.24, 2.45) is 11.7 Å². The van der Waals surface area contributed by atoms with Gasteiger partial charge in [-0.15, -0.1) is 0 Å². The van der Waals surface area contributed by atoms with Crippen molar-refractivity contribution >= 4 is 0 Å². The van der Waals surface area contributed by atoms with Crippen LogP contribution in [0.3, 0.4) is 0 Å². The molecule has 0 aliphatic heterocycles. The largest absolute Gasteiger partial charge is 0.396 e. The Morgan fingerprint density at radius 1 is 1.10 bits per heavy atom. The third-order valence-electron chi connectivity index (χ3n) is 5.09. The zero-order valence-corrected chi connectivity index (χ0v) is 13.7. The van der Waals surface area contributed by atoms with Gasteiger partial charge in [0.15, 0.2) is 0 Å². The van der Waals surface area contributed by atoms with Crippen LogP contribution in [0.25, 0.3) is 0 Å². The van der Waals surface area contributed by atoms with Gasteiger partial charge in [-0.1, -0.05) is 26.7 Å². The van der Waals surface area contributed by atoms with Gasteiger partial charge in [0, 0.05) is 18.7 Å². The Bertz CT molecular complexity index is 237. The van der Waals surface area contributed by atoms with Crippen molar-refractivity contribution in [3.05, 3.63) is 0 Å². The van der Waals surface area contributed by atoms with Crippen LogP contribution in [0.4, 0.5) is 0 Å². The molecule has 3 N–H and O–H groups in total. The first-order chi connectivity index (χ1) is 9.68. The van der Waals surface area contributed by atoms with Crippen molar-refractivity contribution < 1.29 is 5.11 Å². The highest BCUT2D eigenvalue weighted by Crippen LogP contribution is 2.36. The molecule has 1 aliphatic carbocycles. The summed E-state index contributed by atoms with van der Waals surface area (Å²) in [6, 6.07) is 0. The average Bonchev–Trinajstić information content (AvgIpc) is 2.47. The lowest BCUT2D eigenvalue weighted by atomic mass is 9.75. The summed E-state index contributed by atoms with van der Waals surface area (Å²) in [4.78, 5) is 2.69. The van der Waals surface area contributed by atoms with Gasteiger partial charge in [-0.2, -0.15) is 0 Å². The van der Waals surface area contributed by atoms with Gasteiger partial charge in [0.05, 0.1) is 0 Å². The quantitative estimate of drug-likeness (QED) is 0.606. The van der Waals surface area contributed by atoms with Gasteiger partial charge in [0.25, 0.3) is 0 Å². The molecule has 3 heteroatoms. The van der Waals surface area contributed by atoms with E-state index in [2.05, 4.69) is 18.7 Å². The second-order valence-corrected chi connectivity index (χ2v) is 6.74. The minimum absolute atomic E-state index is 0.277. The van der Waals surface area contributed by atoms with Crippen LogP contribution < -0.4 is 5.73 Å². The Morgan fingerprint density at radius 2 is 1.75 bits per heavy atom. The van der Waals surface area contributed by atoms with Gasteiger partial charge in [-0.3, -0.25) is 4.90 Å². The van der Waals surface area contributed by atoms with Crippen molar-refractivity contribution in [1.82, 2.24) is 4.90 Å². The van der Waals surface area contributed by atoms with E-state index in [1.807, 2.05) is 0 Å². The van der Waals surface area contributed by atoms with Crippen LogP contribution >= 0.6 is 0 Å². The second kappa shape index (κ2) is 9.75. The maximum atomic E-state index is 8.84. The van der Waals surface area contributed by atoms with Crippen LogP contribution in [0.15, 0.2) is 0 Å². The minimum atomic E-state index is 0.277. The molecular formula is C17H36N2O. The summed E-state index contributed by atoms with van der Waals surface area (Å²) >= 11 is 0. The topological polar surface area (TPSA) is 49.5 Å². The summed E-state index contributed by atoms with van der Waals surface area (Å²) in [7, 11) is 0. The molecular weight excluding hydrogens is 248 g/mol. The molecule has 0 aromatic rings. The molecule has 1 saturated carbocycles. The highest BCUT2D eigenvalue weighted by Gasteiger charge is 2.37. The van der Waals surface area contributed by atoms with Crippen molar-refractivity contribution in [2.45, 2.75) is 77.2 Å². The highest BCUT2D eigenvalue weighted by molar-refractivity contribution is 4.95. The summed E-state index contributed by atoms with van der Waals surface area (Å²) < 4.78 is 0. The molecule has 0 radical (unpaired) electrons. The first-order valence-electron chi connectivity index (χ1n) is 8.74. The molecule has 0 saturated heterocycles. The number of nitrogens with two attached hydrogens (primary N) is 1. The highest BCUT2D eigenvalue weighted by atomic mass is 16.2. The zero-order chi connectivity index (χ0) is 14.8. The van der Waals surface area contributed by atoms with E-state index < -0.39 is 0 Å². The monoisotopic (exact) mass is 284 g/mol. The van der Waals surface area contributed by atoms with E-state index in [4.69, 9.17) is 10.8 Å². The Morgan fingerprint density at radius 3 is 2.30 bits per heavy atom. The molecule has 0 unspecified atom stereocenters. The lowest BCUT2D eigenvalue weighted by Crippen LogP contribution is -2.56. The number of hydrogen-bond donors (Lipinski definition) is 2. The number of aliphatic hydroxyl groups is 1. The van der Waals surface area contributed by atoms with E-state index in [1.54, 1.807) is 0 Å². The van der Waals surface area contributed by atoms with Crippen molar-refractivity contribution in [1.29, 1.82) is 0 Å². The van der Waals surface area contributed by atoms with E-state index in [9.17, 15) is 0 Å². The number of unbranched alkanes of at least 4 members (excludes halogenated alkanes) is 3. The SMILES string of the molecule is CCCN(CCCCCCO)C1(CN)CCC(C)CC1. The van der Waals surface area contributed by atoms with Crippen LogP contribution in [0.2, 0.25) is 0 Å². The van der Waals surface area contributed by atoms with Crippen LogP contribution in [-0.4, -0.2) is 41.8 Å². The Kier molecular flexibility index (Phi) is 8.74. The van der Waals surface area contributed by atoms with E-state index >= 15 is 0 Å². The van der Waals surface area contributed by atoms with E-state index in [-0.39, 0.29) is 5.54 Å². The maximum absolute atomic E-state index is 8.84. The minimum Gasteiger partial charge on any atom is -0.396 e. The lowest BCUT2D eigenvalue weighted by molar-refractivity contribution is 0.0428. The second-order valence-electron chi connectivity index (χ2n) is 6.74. The number of hydrogen-bond acceptors (Lipinski definition) is 3. The predicted molar refractivity (Wildman–Crippen MR) is 86.8 cm³/mol. The van der Waals surface area contributed by atoms with Gasteiger partial charge in [0.1, 0.15) is 0 Å². The fourth-order valence-electron chi connectivity index (χ4n) is 3.57. The molecule has 1 fully saturated rings. The third kappa shape index (κ3) is 5.34. The first kappa shape index (κ1) is 17.9. The van der Waals surface area contributed by atoms with Crippen LogP contribution in [0.1, 0.15) is 71.6 Å². The van der Waals surface area contributed by atoms with E-state index in [0.717, 1.165) is 25.3 Å². The summed E-state index contributed by atoms with van der Waals surface area (Å²) in [5.74, 6) is 0.878. The number of aliphatic hydroxyl groups excluding tert-OH is 1. The first-order valence-corrected chi connectivity index (χ1v) is 8.74. The van der Waals surface area contributed by atoms with Gasteiger partial charge in [-0.25, -0.2) is 0 Å². The molecule has 1 aliphatic rings. The predicted octanol–water partition coefficient (Wildman–Crippen LogP) is 3.16. The number of rotatable bonds is 10. The molecule has 20 heavy (non-hydrogen) atoms. The standard InChI is InChI=1S/C17H36N2O/c1-3-12-19(13-6-4-5-7-14-20)17(15-18)10-8-16(2)9-11-17/h16,20H,3-15,18H2,1-2H3. The molecule has 3 nitrogen and oxygen atoms in total. The lowest BCUT2D eigenvalue weighted by Gasteiger charge is -2.47. The molecule has 0 spiro atoms. The summed E-state index contributed by atoms with van der Waals surface area (Å²) in [6.07, 6.45) is 11.0. The average molecular weight is 284 g/mol. The fraction of sp³-hybridized carbons (Fsp3) is 1.00. The van der Waals surface area contributed by atoms with Gasteiger partial charge in [-0.05, 0) is 64.0 Å². The van der Waals surface area contributed by atoms with Gasteiger partial charge >= 0.3 is 0 Å². The Labute approximate surface area is 125 Å². The summed E-state index contributed by atoms with van der Waals surface area (Å²) in [6.45, 7) is 8.17. The summed E-state index contributed by atoms with van der Waals surface area (Å²) in [5.41, 5.74) is 6.47. The van der Waals surface area contributed by atoms with Crippen LogP contribution in [-0.2, 0) is 0 Å². The molecule has 1 rings (SSSR count). The van der Waals surface area contributed by atoms with E-state index in [0.29, 0.717) is 6.61 Å². The smallest absolute Gasteiger partial charge is 0.0431 e. The van der Waals surface area contributed by atoms with E-state index in [1.165, 1.54) is 58.0 Å². The third-order valence-corrected chi connectivity index (χ3v) is 5.09.